The second kappa shape index (κ2) is 7.27. The molecule has 0 atom stereocenters. The predicted molar refractivity (Wildman–Crippen MR) is 117 cm³/mol. The van der Waals surface area contributed by atoms with E-state index in [1.165, 1.54) is 16.7 Å². The van der Waals surface area contributed by atoms with Gasteiger partial charge in [-0.1, -0.05) is 24.3 Å². The molecule has 3 aromatic rings. The topological polar surface area (TPSA) is 67.2 Å². The largest absolute Gasteiger partial charge is 0.336 e. The summed E-state index contributed by atoms with van der Waals surface area (Å²) >= 11 is 0. The third-order valence-electron chi connectivity index (χ3n) is 6.77. The van der Waals surface area contributed by atoms with Gasteiger partial charge >= 0.3 is 0 Å². The minimum Gasteiger partial charge on any atom is -0.336 e. The van der Waals surface area contributed by atoms with Gasteiger partial charge in [-0.3, -0.25) is 4.79 Å². The van der Waals surface area contributed by atoms with Gasteiger partial charge in [0.15, 0.2) is 0 Å². The molecule has 31 heavy (non-hydrogen) atoms. The van der Waals surface area contributed by atoms with Gasteiger partial charge in [-0.05, 0) is 43.9 Å². The fraction of sp³-hybridized carbons (Fsp3) is 0.417. The van der Waals surface area contributed by atoms with Crippen LogP contribution in [0.5, 0.6) is 0 Å². The maximum atomic E-state index is 13.3. The van der Waals surface area contributed by atoms with Crippen LogP contribution in [0.4, 0.5) is 0 Å². The van der Waals surface area contributed by atoms with E-state index in [1.807, 2.05) is 15.8 Å². The smallest absolute Gasteiger partial charge is 0.257 e. The lowest BCUT2D eigenvalue weighted by Gasteiger charge is -2.32. The molecule has 1 aliphatic heterocycles. The summed E-state index contributed by atoms with van der Waals surface area (Å²) in [5, 5.41) is 4.62. The number of carbonyl (C=O) groups is 1. The number of fused-ring (bicyclic) bond motifs is 3. The maximum absolute atomic E-state index is 13.3. The van der Waals surface area contributed by atoms with Crippen LogP contribution < -0.4 is 0 Å². The summed E-state index contributed by atoms with van der Waals surface area (Å²) in [5.74, 6) is 1.01. The fourth-order valence-electron chi connectivity index (χ4n) is 4.77. The Morgan fingerprint density at radius 3 is 2.58 bits per heavy atom. The number of benzene rings is 1. The van der Waals surface area contributed by atoms with E-state index in [9.17, 15) is 4.79 Å². The van der Waals surface area contributed by atoms with Crippen molar-refractivity contribution in [3.63, 3.8) is 0 Å². The van der Waals surface area contributed by atoms with E-state index < -0.39 is 0 Å². The summed E-state index contributed by atoms with van der Waals surface area (Å²) in [5.41, 5.74) is 6.38. The minimum absolute atomic E-state index is 0.0876. The Hall–Kier alpha value is -3.06. The van der Waals surface area contributed by atoms with Gasteiger partial charge in [-0.2, -0.15) is 5.10 Å². The second-order valence-corrected chi connectivity index (χ2v) is 8.93. The highest BCUT2D eigenvalue weighted by Gasteiger charge is 2.35. The monoisotopic (exact) mass is 414 g/mol. The Labute approximate surface area is 181 Å². The molecule has 1 saturated carbocycles. The minimum atomic E-state index is 0.0876. The Balaban J connectivity index is 1.39. The molecule has 1 aromatic carbocycles. The first-order chi connectivity index (χ1) is 15.2. The molecule has 2 fully saturated rings. The number of carbonyl (C=O) groups excluding carboxylic acids is 1. The highest BCUT2D eigenvalue weighted by Crippen LogP contribution is 2.43. The highest BCUT2D eigenvalue weighted by molar-refractivity contribution is 5.95. The van der Waals surface area contributed by atoms with Gasteiger partial charge < -0.3 is 9.80 Å². The molecule has 7 heteroatoms. The standard InChI is InChI=1S/C24H26N6O/c1-28-10-12-29(13-11-28)23(31)20-15-26-30(22(20)17-7-8-17)24-25-14-18-9-6-16-4-2-3-5-19(16)21(18)27-24/h2-5,14-15,17H,6-13H2,1H3. The normalized spacial score (nSPS) is 18.5. The number of piperazine rings is 1. The molecule has 1 saturated heterocycles. The fourth-order valence-corrected chi connectivity index (χ4v) is 4.77. The van der Waals surface area contributed by atoms with Crippen molar-refractivity contribution in [2.45, 2.75) is 31.6 Å². The van der Waals surface area contributed by atoms with Crippen LogP contribution in [0.15, 0.2) is 36.7 Å². The first-order valence-electron chi connectivity index (χ1n) is 11.2. The molecule has 0 spiro atoms. The summed E-state index contributed by atoms with van der Waals surface area (Å²) < 4.78 is 1.82. The number of rotatable bonds is 3. The molecule has 2 aliphatic carbocycles. The van der Waals surface area contributed by atoms with Gasteiger partial charge in [-0.15, -0.1) is 0 Å². The zero-order valence-electron chi connectivity index (χ0n) is 17.8. The maximum Gasteiger partial charge on any atom is 0.257 e. The van der Waals surface area contributed by atoms with Crippen molar-refractivity contribution in [2.24, 2.45) is 0 Å². The third kappa shape index (κ3) is 3.24. The van der Waals surface area contributed by atoms with Gasteiger partial charge in [-0.25, -0.2) is 14.6 Å². The van der Waals surface area contributed by atoms with Crippen molar-refractivity contribution in [3.8, 4) is 17.2 Å². The van der Waals surface area contributed by atoms with Crippen LogP contribution in [0.1, 0.15) is 45.9 Å². The van der Waals surface area contributed by atoms with Gasteiger partial charge in [0.05, 0.1) is 23.1 Å². The van der Waals surface area contributed by atoms with Crippen LogP contribution in [-0.4, -0.2) is 68.7 Å². The summed E-state index contributed by atoms with van der Waals surface area (Å²) in [7, 11) is 2.10. The molecule has 0 unspecified atom stereocenters. The Kier molecular flexibility index (Phi) is 4.38. The Bertz CT molecular complexity index is 1160. The summed E-state index contributed by atoms with van der Waals surface area (Å²) in [6.45, 7) is 3.34. The Morgan fingerprint density at radius 2 is 1.77 bits per heavy atom. The zero-order chi connectivity index (χ0) is 20.9. The van der Waals surface area contributed by atoms with Crippen LogP contribution in [0.25, 0.3) is 17.2 Å². The number of amides is 1. The van der Waals surface area contributed by atoms with E-state index in [0.717, 1.165) is 63.3 Å². The van der Waals surface area contributed by atoms with E-state index >= 15 is 0 Å². The van der Waals surface area contributed by atoms with Gasteiger partial charge in [0.25, 0.3) is 11.9 Å². The molecule has 0 radical (unpaired) electrons. The number of aromatic nitrogens is 4. The lowest BCUT2D eigenvalue weighted by Crippen LogP contribution is -2.47. The lowest BCUT2D eigenvalue weighted by molar-refractivity contribution is 0.0663. The van der Waals surface area contributed by atoms with E-state index in [2.05, 4.69) is 46.3 Å². The lowest BCUT2D eigenvalue weighted by atomic mass is 9.90. The average Bonchev–Trinajstić information content (AvgIpc) is 3.56. The molecule has 3 aliphatic rings. The first kappa shape index (κ1) is 18.7. The molecular weight excluding hydrogens is 388 g/mol. The average molecular weight is 415 g/mol. The molecule has 2 aromatic heterocycles. The third-order valence-corrected chi connectivity index (χ3v) is 6.77. The van der Waals surface area contributed by atoms with E-state index in [4.69, 9.17) is 4.98 Å². The zero-order valence-corrected chi connectivity index (χ0v) is 17.8. The number of hydrogen-bond acceptors (Lipinski definition) is 5. The van der Waals surface area contributed by atoms with Gasteiger partial charge in [0, 0.05) is 43.9 Å². The van der Waals surface area contributed by atoms with Crippen LogP contribution in [0.3, 0.4) is 0 Å². The van der Waals surface area contributed by atoms with Crippen molar-refractivity contribution < 1.29 is 4.79 Å². The van der Waals surface area contributed by atoms with E-state index in [1.54, 1.807) is 6.20 Å². The number of aryl methyl sites for hydroxylation is 2. The van der Waals surface area contributed by atoms with E-state index in [-0.39, 0.29) is 5.91 Å². The summed E-state index contributed by atoms with van der Waals surface area (Å²) in [4.78, 5) is 27.1. The molecule has 1 amide bonds. The van der Waals surface area contributed by atoms with Gasteiger partial charge in [0.2, 0.25) is 0 Å². The van der Waals surface area contributed by atoms with Crippen molar-refractivity contribution in [3.05, 3.63) is 59.0 Å². The number of hydrogen-bond donors (Lipinski definition) is 0. The summed E-state index contributed by atoms with van der Waals surface area (Å²) in [6, 6.07) is 8.46. The molecule has 0 N–H and O–H groups in total. The molecule has 3 heterocycles. The molecular formula is C24H26N6O. The summed E-state index contributed by atoms with van der Waals surface area (Å²) in [6.07, 6.45) is 7.81. The van der Waals surface area contributed by atoms with Crippen molar-refractivity contribution in [1.82, 2.24) is 29.5 Å². The van der Waals surface area contributed by atoms with Crippen LogP contribution in [0.2, 0.25) is 0 Å². The molecule has 7 nitrogen and oxygen atoms in total. The highest BCUT2D eigenvalue weighted by atomic mass is 16.2. The Morgan fingerprint density at radius 1 is 1.00 bits per heavy atom. The van der Waals surface area contributed by atoms with Crippen LogP contribution in [-0.2, 0) is 12.8 Å². The van der Waals surface area contributed by atoms with Crippen molar-refractivity contribution >= 4 is 5.91 Å². The molecule has 6 rings (SSSR count). The quantitative estimate of drug-likeness (QED) is 0.659. The number of likely N-dealkylation sites (N-methyl/N-ethyl adjacent to an activating group) is 1. The first-order valence-corrected chi connectivity index (χ1v) is 11.2. The predicted octanol–water partition coefficient (Wildman–Crippen LogP) is 2.69. The van der Waals surface area contributed by atoms with Crippen molar-refractivity contribution in [2.75, 3.05) is 33.2 Å². The molecule has 0 bridgehead atoms. The van der Waals surface area contributed by atoms with Gasteiger partial charge in [0.1, 0.15) is 0 Å². The van der Waals surface area contributed by atoms with E-state index in [0.29, 0.717) is 17.4 Å². The van der Waals surface area contributed by atoms with Crippen LogP contribution in [0, 0.1) is 0 Å². The number of nitrogens with zero attached hydrogens (tertiary/aromatic N) is 6. The SMILES string of the molecule is CN1CCN(C(=O)c2cnn(-c3ncc4c(n3)-c3ccccc3CC4)c2C2CC2)CC1. The molecule has 158 valence electrons. The van der Waals surface area contributed by atoms with Crippen LogP contribution >= 0.6 is 0 Å². The van der Waals surface area contributed by atoms with Crippen molar-refractivity contribution in [1.29, 1.82) is 0 Å². The second-order valence-electron chi connectivity index (χ2n) is 8.93.